The Bertz CT molecular complexity index is 1320. The number of aromatic nitrogens is 1. The maximum Gasteiger partial charge on any atom is 0.310 e. The van der Waals surface area contributed by atoms with Gasteiger partial charge in [0.2, 0.25) is 0 Å². The zero-order chi connectivity index (χ0) is 24.1. The highest BCUT2D eigenvalue weighted by molar-refractivity contribution is 6.22. The van der Waals surface area contributed by atoms with E-state index in [1.54, 1.807) is 27.2 Å². The molecule has 0 atom stereocenters. The number of rotatable bonds is 8. The normalized spacial score (nSPS) is 11.4. The van der Waals surface area contributed by atoms with E-state index in [0.717, 1.165) is 16.5 Å². The Morgan fingerprint density at radius 3 is 2.29 bits per heavy atom. The molecule has 0 aliphatic carbocycles. The molecule has 0 unspecified atom stereocenters. The molecule has 0 amide bonds. The van der Waals surface area contributed by atoms with Crippen LogP contribution in [-0.2, 0) is 16.0 Å². The fourth-order valence-electron chi connectivity index (χ4n) is 3.80. The monoisotopic (exact) mass is 458 g/mol. The number of carbonyl (C=O) groups excluding carboxylic acids is 1. The number of aromatic hydroxyl groups is 1. The van der Waals surface area contributed by atoms with Crippen molar-refractivity contribution in [3.05, 3.63) is 83.4 Å². The summed E-state index contributed by atoms with van der Waals surface area (Å²) in [5.74, 6) is 0.827. The van der Waals surface area contributed by atoms with Gasteiger partial charge < -0.3 is 24.3 Å². The van der Waals surface area contributed by atoms with Crippen LogP contribution in [0.1, 0.15) is 23.6 Å². The van der Waals surface area contributed by atoms with Crippen LogP contribution in [0.2, 0.25) is 0 Å². The number of aromatic amines is 1. The van der Waals surface area contributed by atoms with Gasteiger partial charge in [-0.3, -0.25) is 4.79 Å². The molecule has 0 radical (unpaired) electrons. The summed E-state index contributed by atoms with van der Waals surface area (Å²) in [5.41, 5.74) is 4.20. The van der Waals surface area contributed by atoms with Crippen molar-refractivity contribution in [1.29, 1.82) is 0 Å². The molecule has 7 heteroatoms. The van der Waals surface area contributed by atoms with Gasteiger partial charge in [-0.25, -0.2) is 4.99 Å². The van der Waals surface area contributed by atoms with Crippen LogP contribution in [0.3, 0.4) is 0 Å². The Morgan fingerprint density at radius 2 is 1.65 bits per heavy atom. The summed E-state index contributed by atoms with van der Waals surface area (Å²) in [4.78, 5) is 19.7. The number of hydrogen-bond acceptors (Lipinski definition) is 6. The molecule has 0 fully saturated rings. The SMILES string of the molecule is CCOC(=O)Cc1ccc(N=C(c2ccccc2)c2c(O)[nH]c3cc(OC)c(OC)cc23)cc1. The summed E-state index contributed by atoms with van der Waals surface area (Å²) >= 11 is 0. The third kappa shape index (κ3) is 4.73. The van der Waals surface area contributed by atoms with Gasteiger partial charge in [-0.1, -0.05) is 42.5 Å². The van der Waals surface area contributed by atoms with Crippen molar-refractivity contribution in [3.8, 4) is 17.4 Å². The molecule has 2 N–H and O–H groups in total. The van der Waals surface area contributed by atoms with Crippen LogP contribution in [0.25, 0.3) is 10.9 Å². The minimum Gasteiger partial charge on any atom is -0.494 e. The molecule has 1 heterocycles. The lowest BCUT2D eigenvalue weighted by molar-refractivity contribution is -0.142. The van der Waals surface area contributed by atoms with Crippen LogP contribution in [0.5, 0.6) is 17.4 Å². The summed E-state index contributed by atoms with van der Waals surface area (Å²) in [6, 6.07) is 20.6. The van der Waals surface area contributed by atoms with Gasteiger partial charge in [-0.15, -0.1) is 0 Å². The first-order valence-electron chi connectivity index (χ1n) is 10.9. The van der Waals surface area contributed by atoms with E-state index in [9.17, 15) is 9.90 Å². The highest BCUT2D eigenvalue weighted by atomic mass is 16.5. The van der Waals surface area contributed by atoms with E-state index in [4.69, 9.17) is 19.2 Å². The number of fused-ring (bicyclic) bond motifs is 1. The molecule has 34 heavy (non-hydrogen) atoms. The molecule has 174 valence electrons. The molecule has 0 aliphatic rings. The summed E-state index contributed by atoms with van der Waals surface area (Å²) in [6.07, 6.45) is 0.203. The van der Waals surface area contributed by atoms with Crippen LogP contribution in [0.15, 0.2) is 71.7 Å². The predicted molar refractivity (Wildman–Crippen MR) is 132 cm³/mol. The van der Waals surface area contributed by atoms with E-state index in [0.29, 0.717) is 40.6 Å². The Morgan fingerprint density at radius 1 is 0.971 bits per heavy atom. The number of H-pyrrole nitrogens is 1. The second kappa shape index (κ2) is 10.1. The molecule has 3 aromatic carbocycles. The first kappa shape index (κ1) is 22.9. The van der Waals surface area contributed by atoms with Crippen LogP contribution in [-0.4, -0.2) is 42.6 Å². The van der Waals surface area contributed by atoms with E-state index in [2.05, 4.69) is 4.98 Å². The van der Waals surface area contributed by atoms with Gasteiger partial charge in [-0.05, 0) is 30.7 Å². The van der Waals surface area contributed by atoms with E-state index >= 15 is 0 Å². The molecule has 4 aromatic rings. The minimum absolute atomic E-state index is 0.00756. The number of carbonyl (C=O) groups is 1. The number of methoxy groups -OCH3 is 2. The zero-order valence-electron chi connectivity index (χ0n) is 19.3. The number of nitrogens with zero attached hydrogens (tertiary/aromatic N) is 1. The smallest absolute Gasteiger partial charge is 0.310 e. The molecule has 0 saturated heterocycles. The number of esters is 1. The van der Waals surface area contributed by atoms with E-state index in [1.807, 2.05) is 60.7 Å². The molecule has 7 nitrogen and oxygen atoms in total. The number of hydrogen-bond donors (Lipinski definition) is 2. The van der Waals surface area contributed by atoms with E-state index in [-0.39, 0.29) is 18.3 Å². The van der Waals surface area contributed by atoms with Gasteiger partial charge in [0.15, 0.2) is 17.4 Å². The Balaban J connectivity index is 1.82. The fourth-order valence-corrected chi connectivity index (χ4v) is 3.80. The highest BCUT2D eigenvalue weighted by Crippen LogP contribution is 2.38. The van der Waals surface area contributed by atoms with Crippen molar-refractivity contribution in [2.24, 2.45) is 4.99 Å². The van der Waals surface area contributed by atoms with Crippen LogP contribution in [0, 0.1) is 0 Å². The van der Waals surface area contributed by atoms with Crippen molar-refractivity contribution in [2.75, 3.05) is 20.8 Å². The zero-order valence-corrected chi connectivity index (χ0v) is 19.3. The van der Waals surface area contributed by atoms with Gasteiger partial charge in [0.1, 0.15) is 0 Å². The molecular formula is C27H26N2O5. The number of benzene rings is 3. The Hall–Kier alpha value is -4.26. The van der Waals surface area contributed by atoms with Crippen molar-refractivity contribution < 1.29 is 24.1 Å². The molecule has 4 rings (SSSR count). The average molecular weight is 459 g/mol. The molecule has 0 saturated carbocycles. The fraction of sp³-hybridized carbons (Fsp3) is 0.185. The van der Waals surface area contributed by atoms with E-state index < -0.39 is 0 Å². The molecule has 0 spiro atoms. The first-order valence-corrected chi connectivity index (χ1v) is 10.9. The van der Waals surface area contributed by atoms with Crippen molar-refractivity contribution in [2.45, 2.75) is 13.3 Å². The second-order valence-electron chi connectivity index (χ2n) is 7.58. The first-order chi connectivity index (χ1) is 16.5. The maximum absolute atomic E-state index is 11.8. The third-order valence-electron chi connectivity index (χ3n) is 5.40. The topological polar surface area (TPSA) is 93.1 Å². The highest BCUT2D eigenvalue weighted by Gasteiger charge is 2.21. The number of nitrogens with one attached hydrogen (secondary N) is 1. The van der Waals surface area contributed by atoms with Crippen LogP contribution in [0.4, 0.5) is 5.69 Å². The van der Waals surface area contributed by atoms with Crippen molar-refractivity contribution in [3.63, 3.8) is 0 Å². The molecule has 0 bridgehead atoms. The Labute approximate surface area is 197 Å². The average Bonchev–Trinajstić information content (AvgIpc) is 3.17. The van der Waals surface area contributed by atoms with Gasteiger partial charge >= 0.3 is 5.97 Å². The summed E-state index contributed by atoms with van der Waals surface area (Å²) in [7, 11) is 3.13. The summed E-state index contributed by atoms with van der Waals surface area (Å²) < 4.78 is 15.9. The van der Waals surface area contributed by atoms with E-state index in [1.165, 1.54) is 0 Å². The largest absolute Gasteiger partial charge is 0.494 e. The quantitative estimate of drug-likeness (QED) is 0.281. The lowest BCUT2D eigenvalue weighted by Gasteiger charge is -2.10. The van der Waals surface area contributed by atoms with Crippen LogP contribution >= 0.6 is 0 Å². The van der Waals surface area contributed by atoms with Gasteiger partial charge in [0, 0.05) is 17.0 Å². The molecular weight excluding hydrogens is 432 g/mol. The summed E-state index contributed by atoms with van der Waals surface area (Å²) in [6.45, 7) is 2.14. The number of aliphatic imine (C=N–C) groups is 1. The predicted octanol–water partition coefficient (Wildman–Crippen LogP) is 5.17. The van der Waals surface area contributed by atoms with Crippen molar-refractivity contribution in [1.82, 2.24) is 4.98 Å². The van der Waals surface area contributed by atoms with Crippen LogP contribution < -0.4 is 9.47 Å². The standard InChI is InChI=1S/C27H26N2O5/c1-4-34-24(30)14-17-10-12-19(13-11-17)28-26(18-8-6-5-7-9-18)25-20-15-22(32-2)23(33-3)16-21(20)29-27(25)31/h5-13,15-16,29,31H,4,14H2,1-3H3. The second-order valence-corrected chi connectivity index (χ2v) is 7.58. The van der Waals surface area contributed by atoms with Crippen molar-refractivity contribution >= 4 is 28.3 Å². The summed E-state index contributed by atoms with van der Waals surface area (Å²) in [5, 5.41) is 11.6. The number of ether oxygens (including phenoxy) is 3. The molecule has 1 aromatic heterocycles. The Kier molecular flexibility index (Phi) is 6.82. The van der Waals surface area contributed by atoms with Gasteiger partial charge in [0.05, 0.1) is 49.7 Å². The molecule has 0 aliphatic heterocycles. The lowest BCUT2D eigenvalue weighted by atomic mass is 10.0. The lowest BCUT2D eigenvalue weighted by Crippen LogP contribution is -2.07. The maximum atomic E-state index is 11.8. The third-order valence-corrected chi connectivity index (χ3v) is 5.40. The van der Waals surface area contributed by atoms with Gasteiger partial charge in [0.25, 0.3) is 0 Å². The van der Waals surface area contributed by atoms with Gasteiger partial charge in [-0.2, -0.15) is 0 Å². The minimum atomic E-state index is -0.267.